The van der Waals surface area contributed by atoms with Crippen molar-refractivity contribution in [3.63, 3.8) is 0 Å². The Morgan fingerprint density at radius 3 is 2.56 bits per heavy atom. The number of aromatic hydroxyl groups is 1. The lowest BCUT2D eigenvalue weighted by molar-refractivity contribution is 0.0744. The van der Waals surface area contributed by atoms with Crippen molar-refractivity contribution in [1.82, 2.24) is 0 Å². The van der Waals surface area contributed by atoms with Crippen LogP contribution in [0.5, 0.6) is 5.75 Å². The van der Waals surface area contributed by atoms with Gasteiger partial charge in [0.25, 0.3) is 0 Å². The highest BCUT2D eigenvalue weighted by atomic mass is 32.2. The quantitative estimate of drug-likeness (QED) is 0.807. The molecule has 0 atom stereocenters. The van der Waals surface area contributed by atoms with E-state index in [2.05, 4.69) is 4.18 Å². The fourth-order valence-electron chi connectivity index (χ4n) is 1.10. The van der Waals surface area contributed by atoms with Crippen LogP contribution in [0.4, 0.5) is 0 Å². The summed E-state index contributed by atoms with van der Waals surface area (Å²) in [6.07, 6.45) is 0.358. The van der Waals surface area contributed by atoms with Crippen molar-refractivity contribution in [3.8, 4) is 5.75 Å². The van der Waals surface area contributed by atoms with Gasteiger partial charge in [-0.25, -0.2) is 4.79 Å². The maximum Gasteiger partial charge on any atom is 0.357 e. The molecule has 1 rings (SSSR count). The molecule has 0 amide bonds. The van der Waals surface area contributed by atoms with Crippen molar-refractivity contribution in [3.05, 3.63) is 29.8 Å². The van der Waals surface area contributed by atoms with Crippen LogP contribution in [-0.2, 0) is 14.3 Å². The second kappa shape index (κ2) is 4.98. The molecule has 0 aromatic heterocycles. The van der Waals surface area contributed by atoms with Gasteiger partial charge in [-0.1, -0.05) is 19.1 Å². The Hall–Kier alpha value is -1.56. The predicted molar refractivity (Wildman–Crippen MR) is 57.6 cm³/mol. The minimum atomic E-state index is -3.86. The van der Waals surface area contributed by atoms with E-state index in [1.54, 1.807) is 6.92 Å². The van der Waals surface area contributed by atoms with E-state index in [1.165, 1.54) is 24.3 Å². The van der Waals surface area contributed by atoms with Gasteiger partial charge in [0.2, 0.25) is 0 Å². The Kier molecular flexibility index (Phi) is 3.89. The van der Waals surface area contributed by atoms with Crippen LogP contribution in [0.1, 0.15) is 23.7 Å². The minimum Gasteiger partial charge on any atom is -0.507 e. The Labute approximate surface area is 93.8 Å². The first-order valence-electron chi connectivity index (χ1n) is 4.70. The summed E-state index contributed by atoms with van der Waals surface area (Å²) in [7, 11) is -3.86. The van der Waals surface area contributed by atoms with Crippen LogP contribution in [0.15, 0.2) is 24.3 Å². The monoisotopic (exact) mass is 244 g/mol. The summed E-state index contributed by atoms with van der Waals surface area (Å²) in [4.78, 5) is 11.4. The Morgan fingerprint density at radius 1 is 1.38 bits per heavy atom. The Morgan fingerprint density at radius 2 is 2.00 bits per heavy atom. The van der Waals surface area contributed by atoms with Crippen LogP contribution < -0.4 is 0 Å². The van der Waals surface area contributed by atoms with E-state index in [0.717, 1.165) is 0 Å². The number of phenols is 1. The number of rotatable bonds is 4. The average molecular weight is 244 g/mol. The number of benzene rings is 1. The van der Waals surface area contributed by atoms with E-state index in [1.807, 2.05) is 0 Å². The van der Waals surface area contributed by atoms with Gasteiger partial charge in [-0.3, -0.25) is 0 Å². The van der Waals surface area contributed by atoms with Crippen LogP contribution in [0.3, 0.4) is 0 Å². The van der Waals surface area contributed by atoms with Crippen molar-refractivity contribution in [1.29, 1.82) is 0 Å². The summed E-state index contributed by atoms with van der Waals surface area (Å²) in [6.45, 7) is 1.66. The molecule has 0 aliphatic rings. The van der Waals surface area contributed by atoms with Crippen LogP contribution in [0, 0.1) is 0 Å². The standard InChI is InChI=1S/C10H12O5S/c1-2-7-16(13,14)15-10(12)8-5-3-4-6-9(8)11/h3-6,11H,2,7H2,1H3. The molecule has 0 fully saturated rings. The molecule has 0 aliphatic heterocycles. The van der Waals surface area contributed by atoms with Gasteiger partial charge in [0.1, 0.15) is 11.3 Å². The molecule has 16 heavy (non-hydrogen) atoms. The van der Waals surface area contributed by atoms with E-state index in [9.17, 15) is 18.3 Å². The third-order valence-electron chi connectivity index (χ3n) is 1.78. The number of para-hydroxylation sites is 1. The topological polar surface area (TPSA) is 80.7 Å². The van der Waals surface area contributed by atoms with E-state index in [0.29, 0.717) is 6.42 Å². The molecule has 1 aromatic carbocycles. The first-order valence-corrected chi connectivity index (χ1v) is 6.28. The summed E-state index contributed by atoms with van der Waals surface area (Å²) in [5.41, 5.74) is -0.165. The average Bonchev–Trinajstić information content (AvgIpc) is 2.17. The molecule has 0 unspecified atom stereocenters. The number of hydrogen-bond acceptors (Lipinski definition) is 5. The van der Waals surface area contributed by atoms with Gasteiger partial charge in [0.05, 0.1) is 5.75 Å². The lowest BCUT2D eigenvalue weighted by Gasteiger charge is -2.05. The number of hydrogen-bond donors (Lipinski definition) is 1. The number of phenolic OH excluding ortho intramolecular Hbond substituents is 1. The molecule has 6 heteroatoms. The van der Waals surface area contributed by atoms with E-state index in [-0.39, 0.29) is 17.1 Å². The lowest BCUT2D eigenvalue weighted by Crippen LogP contribution is -2.16. The minimum absolute atomic E-state index is 0.165. The van der Waals surface area contributed by atoms with E-state index < -0.39 is 16.1 Å². The number of carbonyl (C=O) groups is 1. The van der Waals surface area contributed by atoms with Crippen LogP contribution >= 0.6 is 0 Å². The first kappa shape index (κ1) is 12.5. The highest BCUT2D eigenvalue weighted by Gasteiger charge is 2.19. The maximum atomic E-state index is 11.4. The molecule has 88 valence electrons. The SMILES string of the molecule is CCCS(=O)(=O)OC(=O)c1ccccc1O. The van der Waals surface area contributed by atoms with Crippen molar-refractivity contribution in [2.24, 2.45) is 0 Å². The first-order chi connectivity index (χ1) is 7.46. The van der Waals surface area contributed by atoms with E-state index in [4.69, 9.17) is 0 Å². The molecule has 0 aliphatic carbocycles. The van der Waals surface area contributed by atoms with Gasteiger partial charge < -0.3 is 9.29 Å². The third kappa shape index (κ3) is 3.23. The molecule has 0 saturated carbocycles. The molecular formula is C10H12O5S. The zero-order valence-corrected chi connectivity index (χ0v) is 9.53. The summed E-state index contributed by atoms with van der Waals surface area (Å²) < 4.78 is 26.7. The fourth-order valence-corrected chi connectivity index (χ4v) is 2.00. The zero-order chi connectivity index (χ0) is 12.2. The highest BCUT2D eigenvalue weighted by Crippen LogP contribution is 2.17. The molecule has 0 spiro atoms. The largest absolute Gasteiger partial charge is 0.507 e. The summed E-state index contributed by atoms with van der Waals surface area (Å²) in [6, 6.07) is 5.59. The van der Waals surface area contributed by atoms with Crippen LogP contribution in [-0.4, -0.2) is 25.2 Å². The molecule has 0 saturated heterocycles. The van der Waals surface area contributed by atoms with Gasteiger partial charge >= 0.3 is 16.1 Å². The Bertz CT molecular complexity index is 478. The van der Waals surface area contributed by atoms with E-state index >= 15 is 0 Å². The van der Waals surface area contributed by atoms with Crippen molar-refractivity contribution in [2.45, 2.75) is 13.3 Å². The third-order valence-corrected chi connectivity index (χ3v) is 3.09. The van der Waals surface area contributed by atoms with Crippen molar-refractivity contribution in [2.75, 3.05) is 5.75 Å². The molecule has 0 bridgehead atoms. The molecule has 1 aromatic rings. The Balaban J connectivity index is 2.85. The van der Waals surface area contributed by atoms with Crippen LogP contribution in [0.2, 0.25) is 0 Å². The summed E-state index contributed by atoms with van der Waals surface area (Å²) in [5.74, 6) is -1.60. The summed E-state index contributed by atoms with van der Waals surface area (Å²) >= 11 is 0. The molecule has 5 nitrogen and oxygen atoms in total. The second-order valence-corrected chi connectivity index (χ2v) is 4.84. The van der Waals surface area contributed by atoms with Gasteiger partial charge in [-0.15, -0.1) is 0 Å². The maximum absolute atomic E-state index is 11.4. The van der Waals surface area contributed by atoms with Gasteiger partial charge in [0.15, 0.2) is 0 Å². The van der Waals surface area contributed by atoms with Crippen molar-refractivity contribution >= 4 is 16.1 Å². The normalized spacial score (nSPS) is 11.1. The van der Waals surface area contributed by atoms with Gasteiger partial charge in [0, 0.05) is 0 Å². The fraction of sp³-hybridized carbons (Fsp3) is 0.300. The van der Waals surface area contributed by atoms with Gasteiger partial charge in [-0.05, 0) is 18.6 Å². The second-order valence-electron chi connectivity index (χ2n) is 3.15. The summed E-state index contributed by atoms with van der Waals surface area (Å²) in [5, 5.41) is 9.31. The zero-order valence-electron chi connectivity index (χ0n) is 8.71. The van der Waals surface area contributed by atoms with Crippen LogP contribution in [0.25, 0.3) is 0 Å². The molecule has 0 radical (unpaired) electrons. The highest BCUT2D eigenvalue weighted by molar-refractivity contribution is 7.87. The lowest BCUT2D eigenvalue weighted by atomic mass is 10.2. The predicted octanol–water partition coefficient (Wildman–Crippen LogP) is 1.29. The van der Waals surface area contributed by atoms with Crippen molar-refractivity contribution < 1.29 is 22.5 Å². The molecule has 0 heterocycles. The molecule has 1 N–H and O–H groups in total. The number of carbonyl (C=O) groups excluding carboxylic acids is 1. The van der Waals surface area contributed by atoms with Gasteiger partial charge in [-0.2, -0.15) is 8.42 Å². The molecular weight excluding hydrogens is 232 g/mol. The smallest absolute Gasteiger partial charge is 0.357 e.